The summed E-state index contributed by atoms with van der Waals surface area (Å²) >= 11 is 7.67. The van der Waals surface area contributed by atoms with Gasteiger partial charge in [-0.3, -0.25) is 0 Å². The zero-order valence-electron chi connectivity index (χ0n) is 3.67. The quantitative estimate of drug-likeness (QED) is 0.687. The van der Waals surface area contributed by atoms with Crippen LogP contribution in [0.25, 0.3) is 0 Å². The molecule has 0 N–H and O–H groups in total. The van der Waals surface area contributed by atoms with E-state index in [2.05, 4.69) is 47.8 Å². The van der Waals surface area contributed by atoms with E-state index < -0.39 is 9.66 Å². The summed E-state index contributed by atoms with van der Waals surface area (Å²) in [5.74, 6) is 0. The third-order valence-electron chi connectivity index (χ3n) is 0.491. The summed E-state index contributed by atoms with van der Waals surface area (Å²) < 4.78 is 22.3. The molecule has 0 aliphatic carbocycles. The first-order chi connectivity index (χ1) is 3.48. The van der Waals surface area contributed by atoms with Crippen LogP contribution >= 0.6 is 47.8 Å². The van der Waals surface area contributed by atoms with Gasteiger partial charge >= 0.3 is 0 Å². The van der Waals surface area contributed by atoms with Gasteiger partial charge in [0.2, 0.25) is 3.49 Å². The van der Waals surface area contributed by atoms with Gasteiger partial charge in [-0.05, 0) is 31.9 Å². The Kier molecular flexibility index (Phi) is 4.03. The molecular weight excluding hydrogens is 314 g/mol. The molecule has 0 nitrogen and oxygen atoms in total. The summed E-state index contributed by atoms with van der Waals surface area (Å²) in [5.41, 5.74) is 0. The van der Waals surface area contributed by atoms with Gasteiger partial charge in [0.1, 0.15) is 0 Å². The van der Waals surface area contributed by atoms with Crippen molar-refractivity contribution in [2.24, 2.45) is 0 Å². The van der Waals surface area contributed by atoms with Crippen molar-refractivity contribution in [2.75, 3.05) is 5.33 Å². The van der Waals surface area contributed by atoms with Crippen LogP contribution in [0.5, 0.6) is 0 Å². The van der Waals surface area contributed by atoms with E-state index in [-0.39, 0.29) is 5.33 Å². The minimum absolute atomic E-state index is 0.0278. The van der Waals surface area contributed by atoms with Crippen molar-refractivity contribution in [3.05, 3.63) is 0 Å². The zero-order valence-corrected chi connectivity index (χ0v) is 8.43. The van der Waals surface area contributed by atoms with Gasteiger partial charge in [0, 0.05) is 5.33 Å². The van der Waals surface area contributed by atoms with E-state index in [4.69, 9.17) is 0 Å². The summed E-state index contributed by atoms with van der Waals surface area (Å²) in [5, 5.41) is -0.0278. The Hall–Kier alpha value is 1.30. The van der Waals surface area contributed by atoms with Gasteiger partial charge < -0.3 is 0 Å². The molecule has 1 atom stereocenters. The fourth-order valence-electron chi connectivity index (χ4n) is 0.0875. The predicted octanol–water partition coefficient (Wildman–Crippen LogP) is 3.13. The van der Waals surface area contributed by atoms with E-state index in [0.29, 0.717) is 0 Å². The molecule has 0 bridgehead atoms. The van der Waals surface area contributed by atoms with Crippen LogP contribution in [0.1, 0.15) is 0 Å². The number of halogens is 5. The molecule has 0 aromatic heterocycles. The molecule has 0 amide bonds. The SMILES string of the molecule is FC(CBr)C(F)(Br)Br. The Morgan fingerprint density at radius 2 is 1.88 bits per heavy atom. The molecule has 0 aliphatic rings. The highest BCUT2D eigenvalue weighted by Gasteiger charge is 2.32. The molecule has 5 heteroatoms. The van der Waals surface area contributed by atoms with Crippen LogP contribution in [0.3, 0.4) is 0 Å². The van der Waals surface area contributed by atoms with Gasteiger partial charge in [-0.1, -0.05) is 15.9 Å². The lowest BCUT2D eigenvalue weighted by Crippen LogP contribution is -2.21. The normalized spacial score (nSPS) is 16.1. The van der Waals surface area contributed by atoms with Crippen molar-refractivity contribution in [1.82, 2.24) is 0 Å². The molecule has 0 radical (unpaired) electrons. The molecule has 0 saturated heterocycles. The van der Waals surface area contributed by atoms with Crippen LogP contribution in [0.2, 0.25) is 0 Å². The van der Waals surface area contributed by atoms with Crippen LogP contribution in [0, 0.1) is 0 Å². The Bertz CT molecular complexity index is 69.4. The lowest BCUT2D eigenvalue weighted by Gasteiger charge is -2.11. The minimum Gasteiger partial charge on any atom is -0.241 e. The lowest BCUT2D eigenvalue weighted by molar-refractivity contribution is 0.245. The van der Waals surface area contributed by atoms with Gasteiger partial charge in [-0.25, -0.2) is 8.78 Å². The highest BCUT2D eigenvalue weighted by molar-refractivity contribution is 9.25. The Morgan fingerprint density at radius 1 is 1.50 bits per heavy atom. The average Bonchev–Trinajstić information content (AvgIpc) is 1.62. The van der Waals surface area contributed by atoms with E-state index >= 15 is 0 Å². The Labute approximate surface area is 71.4 Å². The topological polar surface area (TPSA) is 0 Å². The summed E-state index contributed by atoms with van der Waals surface area (Å²) in [6.07, 6.45) is -1.57. The first kappa shape index (κ1) is 9.30. The molecule has 0 heterocycles. The molecule has 0 spiro atoms. The van der Waals surface area contributed by atoms with Crippen LogP contribution in [-0.2, 0) is 0 Å². The molecule has 0 aromatic carbocycles. The van der Waals surface area contributed by atoms with Crippen molar-refractivity contribution < 1.29 is 8.78 Å². The largest absolute Gasteiger partial charge is 0.250 e. The Morgan fingerprint density at radius 3 is 1.88 bits per heavy atom. The summed E-state index contributed by atoms with van der Waals surface area (Å²) in [6.45, 7) is 0. The molecule has 8 heavy (non-hydrogen) atoms. The fourth-order valence-corrected chi connectivity index (χ4v) is 1.73. The lowest BCUT2D eigenvalue weighted by atomic mass is 10.5. The first-order valence-corrected chi connectivity index (χ1v) is 4.46. The van der Waals surface area contributed by atoms with Gasteiger partial charge in [-0.2, -0.15) is 0 Å². The maximum atomic E-state index is 12.2. The second kappa shape index (κ2) is 3.46. The summed E-state index contributed by atoms with van der Waals surface area (Å²) in [7, 11) is 0. The molecule has 1 unspecified atom stereocenters. The monoisotopic (exact) mass is 314 g/mol. The van der Waals surface area contributed by atoms with Gasteiger partial charge in [0.15, 0.2) is 6.17 Å². The number of rotatable bonds is 2. The highest BCUT2D eigenvalue weighted by atomic mass is 79.9. The number of alkyl halides is 5. The molecule has 0 aromatic rings. The van der Waals surface area contributed by atoms with Gasteiger partial charge in [-0.15, -0.1) is 0 Å². The third-order valence-corrected chi connectivity index (χ3v) is 2.05. The van der Waals surface area contributed by atoms with Crippen molar-refractivity contribution in [3.8, 4) is 0 Å². The van der Waals surface area contributed by atoms with E-state index in [1.807, 2.05) is 0 Å². The fraction of sp³-hybridized carbons (Fsp3) is 1.00. The molecule has 50 valence electrons. The van der Waals surface area contributed by atoms with E-state index in [9.17, 15) is 8.78 Å². The van der Waals surface area contributed by atoms with Crippen LogP contribution in [-0.4, -0.2) is 15.0 Å². The van der Waals surface area contributed by atoms with Crippen molar-refractivity contribution >= 4 is 47.8 Å². The number of hydrogen-bond acceptors (Lipinski definition) is 0. The standard InChI is InChI=1S/C3H3Br3F2/c4-1-2(7)3(5,6)8/h2H,1H2. The molecule has 0 fully saturated rings. The molecule has 0 rings (SSSR count). The first-order valence-electron chi connectivity index (χ1n) is 1.75. The summed E-state index contributed by atoms with van der Waals surface area (Å²) in [4.78, 5) is 0. The third kappa shape index (κ3) is 3.35. The van der Waals surface area contributed by atoms with Gasteiger partial charge in [0.05, 0.1) is 0 Å². The molecular formula is C3H3Br3F2. The second-order valence-corrected chi connectivity index (χ2v) is 5.18. The van der Waals surface area contributed by atoms with Crippen molar-refractivity contribution in [2.45, 2.75) is 9.66 Å². The van der Waals surface area contributed by atoms with E-state index in [0.717, 1.165) is 0 Å². The molecule has 0 saturated carbocycles. The minimum atomic E-state index is -2.08. The summed E-state index contributed by atoms with van der Waals surface area (Å²) in [6, 6.07) is 0. The van der Waals surface area contributed by atoms with Crippen molar-refractivity contribution in [1.29, 1.82) is 0 Å². The average molecular weight is 317 g/mol. The van der Waals surface area contributed by atoms with Crippen LogP contribution < -0.4 is 0 Å². The predicted molar refractivity (Wildman–Crippen MR) is 40.4 cm³/mol. The van der Waals surface area contributed by atoms with E-state index in [1.165, 1.54) is 0 Å². The van der Waals surface area contributed by atoms with Crippen LogP contribution in [0.4, 0.5) is 8.78 Å². The maximum Gasteiger partial charge on any atom is 0.250 e. The van der Waals surface area contributed by atoms with Crippen molar-refractivity contribution in [3.63, 3.8) is 0 Å². The Balaban J connectivity index is 3.62. The smallest absolute Gasteiger partial charge is 0.241 e. The van der Waals surface area contributed by atoms with Crippen LogP contribution in [0.15, 0.2) is 0 Å². The zero-order chi connectivity index (χ0) is 6.78. The second-order valence-electron chi connectivity index (χ2n) is 1.16. The van der Waals surface area contributed by atoms with E-state index in [1.54, 1.807) is 0 Å². The molecule has 0 aliphatic heterocycles. The van der Waals surface area contributed by atoms with Gasteiger partial charge in [0.25, 0.3) is 0 Å². The number of hydrogen-bond donors (Lipinski definition) is 0. The maximum absolute atomic E-state index is 12.2. The highest BCUT2D eigenvalue weighted by Crippen LogP contribution is 2.34.